The van der Waals surface area contributed by atoms with E-state index in [2.05, 4.69) is 30.6 Å². The number of nitrogens with one attached hydrogen (secondary N) is 1. The van der Waals surface area contributed by atoms with Crippen LogP contribution in [0.5, 0.6) is 0 Å². The van der Waals surface area contributed by atoms with E-state index < -0.39 is 0 Å². The molecular formula is C28H38N8O3S. The number of rotatable bonds is 6. The highest BCUT2D eigenvalue weighted by Gasteiger charge is 2.49. The fourth-order valence-electron chi connectivity index (χ4n) is 7.14. The first kappa shape index (κ1) is 26.1. The second-order valence-electron chi connectivity index (χ2n) is 11.8. The number of piperidine rings is 1. The lowest BCUT2D eigenvalue weighted by atomic mass is 9.83. The minimum atomic E-state index is -0.171. The van der Waals surface area contributed by atoms with Gasteiger partial charge in [0.15, 0.2) is 0 Å². The molecule has 1 amide bonds. The maximum atomic E-state index is 12.1. The number of fused-ring (bicyclic) bond motifs is 3. The SMILES string of the molecule is COC(=O)N1C2CC1CN(C1CCC(Nc3nc(Cc4cnn(C5CCOCC5)c4)nc4snc(C)c34)CC1)C2. The third-order valence-corrected chi connectivity index (χ3v) is 10.1. The fraction of sp³-hybridized carbons (Fsp3) is 0.679. The largest absolute Gasteiger partial charge is 0.453 e. The molecule has 1 N–H and O–H groups in total. The van der Waals surface area contributed by atoms with Crippen LogP contribution in [0.3, 0.4) is 0 Å². The quantitative estimate of drug-likeness (QED) is 0.477. The van der Waals surface area contributed by atoms with Crippen LogP contribution >= 0.6 is 11.5 Å². The van der Waals surface area contributed by atoms with Crippen molar-refractivity contribution in [1.29, 1.82) is 0 Å². The standard InChI is InChI=1S/C28H38N8O3S/c1-17-25-26(30-19-3-5-20(6-4-19)34-15-22-12-23(16-34)36(22)28(37)38-2)31-24(32-27(25)40-33-17)11-18-13-29-35(14-18)21-7-9-39-10-8-21/h13-14,19-23H,3-12,15-16H2,1-2H3,(H,30,31,32). The van der Waals surface area contributed by atoms with Crippen LogP contribution in [-0.2, 0) is 15.9 Å². The Kier molecular flexibility index (Phi) is 7.09. The van der Waals surface area contributed by atoms with Crippen molar-refractivity contribution in [1.82, 2.24) is 33.9 Å². The molecule has 1 aliphatic carbocycles. The van der Waals surface area contributed by atoms with Gasteiger partial charge in [-0.1, -0.05) is 0 Å². The highest BCUT2D eigenvalue weighted by Crippen LogP contribution is 2.37. The van der Waals surface area contributed by atoms with Gasteiger partial charge in [-0.15, -0.1) is 0 Å². The van der Waals surface area contributed by atoms with Gasteiger partial charge in [0.2, 0.25) is 0 Å². The Balaban J connectivity index is 1.00. The molecule has 0 radical (unpaired) electrons. The summed E-state index contributed by atoms with van der Waals surface area (Å²) in [5, 5.41) is 9.49. The molecular weight excluding hydrogens is 528 g/mol. The number of carbonyl (C=O) groups is 1. The van der Waals surface area contributed by atoms with Crippen LogP contribution in [0, 0.1) is 6.92 Å². The first-order valence-corrected chi connectivity index (χ1v) is 15.4. The molecule has 11 nitrogen and oxygen atoms in total. The summed E-state index contributed by atoms with van der Waals surface area (Å²) in [6, 6.07) is 2.00. The number of aryl methyl sites for hydroxylation is 1. The van der Waals surface area contributed by atoms with Gasteiger partial charge in [0.1, 0.15) is 16.5 Å². The third kappa shape index (κ3) is 4.94. The maximum absolute atomic E-state index is 12.1. The van der Waals surface area contributed by atoms with E-state index in [9.17, 15) is 4.79 Å². The molecule has 2 unspecified atom stereocenters. The summed E-state index contributed by atoms with van der Waals surface area (Å²) < 4.78 is 17.2. The van der Waals surface area contributed by atoms with Crippen LogP contribution in [0.25, 0.3) is 10.2 Å². The van der Waals surface area contributed by atoms with Gasteiger partial charge in [-0.3, -0.25) is 14.5 Å². The molecule has 2 atom stereocenters. The minimum absolute atomic E-state index is 0.171. The van der Waals surface area contributed by atoms with E-state index in [1.165, 1.54) is 18.6 Å². The van der Waals surface area contributed by atoms with E-state index in [0.717, 1.165) is 104 Å². The summed E-state index contributed by atoms with van der Waals surface area (Å²) in [6.45, 7) is 5.58. The average Bonchev–Trinajstić information content (AvgIpc) is 3.60. The van der Waals surface area contributed by atoms with Crippen LogP contribution in [0.1, 0.15) is 68.1 Å². The van der Waals surface area contributed by atoms with Crippen LogP contribution in [0.2, 0.25) is 0 Å². The topological polar surface area (TPSA) is 111 Å². The predicted octanol–water partition coefficient (Wildman–Crippen LogP) is 3.78. The summed E-state index contributed by atoms with van der Waals surface area (Å²) in [7, 11) is 1.48. The first-order chi connectivity index (χ1) is 19.6. The van der Waals surface area contributed by atoms with Crippen molar-refractivity contribution in [3.05, 3.63) is 29.5 Å². The van der Waals surface area contributed by atoms with Crippen LogP contribution in [-0.4, -0.2) is 97.6 Å². The minimum Gasteiger partial charge on any atom is -0.453 e. The van der Waals surface area contributed by atoms with E-state index in [1.807, 2.05) is 18.0 Å². The molecule has 214 valence electrons. The number of amides is 1. The molecule has 4 aliphatic heterocycles. The molecule has 4 saturated heterocycles. The summed E-state index contributed by atoms with van der Waals surface area (Å²) >= 11 is 1.45. The molecule has 3 aromatic heterocycles. The number of hydrogen-bond acceptors (Lipinski definition) is 10. The maximum Gasteiger partial charge on any atom is 0.410 e. The van der Waals surface area contributed by atoms with Gasteiger partial charge in [-0.25, -0.2) is 14.8 Å². The summed E-state index contributed by atoms with van der Waals surface area (Å²) in [4.78, 5) is 27.5. The molecule has 0 spiro atoms. The summed E-state index contributed by atoms with van der Waals surface area (Å²) in [5.74, 6) is 1.72. The zero-order valence-electron chi connectivity index (χ0n) is 23.3. The monoisotopic (exact) mass is 566 g/mol. The van der Waals surface area contributed by atoms with Gasteiger partial charge in [-0.2, -0.15) is 9.47 Å². The van der Waals surface area contributed by atoms with Crippen molar-refractivity contribution in [3.63, 3.8) is 0 Å². The van der Waals surface area contributed by atoms with E-state index in [4.69, 9.17) is 19.4 Å². The molecule has 3 aromatic rings. The fourth-order valence-corrected chi connectivity index (χ4v) is 7.94. The number of ether oxygens (including phenoxy) is 2. The van der Waals surface area contributed by atoms with Crippen molar-refractivity contribution in [2.45, 2.75) is 88.5 Å². The second-order valence-corrected chi connectivity index (χ2v) is 12.6. The molecule has 0 aromatic carbocycles. The highest BCUT2D eigenvalue weighted by atomic mass is 32.1. The number of anilines is 1. The zero-order chi connectivity index (χ0) is 27.2. The lowest BCUT2D eigenvalue weighted by Gasteiger charge is -2.57. The Hall–Kier alpha value is -2.83. The van der Waals surface area contributed by atoms with Gasteiger partial charge >= 0.3 is 6.09 Å². The molecule has 8 rings (SSSR count). The van der Waals surface area contributed by atoms with Crippen molar-refractivity contribution >= 4 is 33.7 Å². The summed E-state index contributed by atoms with van der Waals surface area (Å²) in [5.41, 5.74) is 2.11. The smallest absolute Gasteiger partial charge is 0.410 e. The van der Waals surface area contributed by atoms with Gasteiger partial charge < -0.3 is 14.8 Å². The molecule has 7 heterocycles. The average molecular weight is 567 g/mol. The van der Waals surface area contributed by atoms with Gasteiger partial charge in [-0.05, 0) is 69.0 Å². The number of piperazine rings is 1. The Morgan fingerprint density at radius 1 is 1.07 bits per heavy atom. The van der Waals surface area contributed by atoms with Crippen molar-refractivity contribution in [2.24, 2.45) is 0 Å². The van der Waals surface area contributed by atoms with Crippen molar-refractivity contribution < 1.29 is 14.3 Å². The Morgan fingerprint density at radius 2 is 1.85 bits per heavy atom. The van der Waals surface area contributed by atoms with E-state index >= 15 is 0 Å². The predicted molar refractivity (Wildman–Crippen MR) is 152 cm³/mol. The molecule has 2 bridgehead atoms. The van der Waals surface area contributed by atoms with Crippen molar-refractivity contribution in [2.75, 3.05) is 38.7 Å². The first-order valence-electron chi connectivity index (χ1n) is 14.7. The Labute approximate surface area is 238 Å². The van der Waals surface area contributed by atoms with Crippen LogP contribution < -0.4 is 5.32 Å². The lowest BCUT2D eigenvalue weighted by molar-refractivity contribution is -0.0720. The molecule has 12 heteroatoms. The highest BCUT2D eigenvalue weighted by molar-refractivity contribution is 7.13. The summed E-state index contributed by atoms with van der Waals surface area (Å²) in [6.07, 6.45) is 12.2. The van der Waals surface area contributed by atoms with E-state index in [1.54, 1.807) is 0 Å². The number of methoxy groups -OCH3 is 1. The number of carbonyl (C=O) groups excluding carboxylic acids is 1. The van der Waals surface area contributed by atoms with Crippen LogP contribution in [0.15, 0.2) is 12.4 Å². The van der Waals surface area contributed by atoms with Crippen LogP contribution in [0.4, 0.5) is 10.6 Å². The molecule has 1 saturated carbocycles. The normalized spacial score (nSPS) is 27.5. The third-order valence-electron chi connectivity index (χ3n) is 9.30. The molecule has 40 heavy (non-hydrogen) atoms. The van der Waals surface area contributed by atoms with E-state index in [-0.39, 0.29) is 6.09 Å². The number of aromatic nitrogens is 5. The lowest BCUT2D eigenvalue weighted by Crippen LogP contribution is -2.71. The molecule has 5 fully saturated rings. The zero-order valence-corrected chi connectivity index (χ0v) is 24.1. The Bertz CT molecular complexity index is 1350. The van der Waals surface area contributed by atoms with E-state index in [0.29, 0.717) is 36.6 Å². The second kappa shape index (κ2) is 10.9. The van der Waals surface area contributed by atoms with Crippen molar-refractivity contribution in [3.8, 4) is 0 Å². The Morgan fingerprint density at radius 3 is 2.60 bits per heavy atom. The number of nitrogens with zero attached hydrogens (tertiary/aromatic N) is 7. The molecule has 5 aliphatic rings. The van der Waals surface area contributed by atoms with Gasteiger partial charge in [0, 0.05) is 51.0 Å². The van der Waals surface area contributed by atoms with Gasteiger partial charge in [0.25, 0.3) is 0 Å². The number of hydrogen-bond donors (Lipinski definition) is 1. The van der Waals surface area contributed by atoms with Gasteiger partial charge in [0.05, 0.1) is 42.5 Å².